The van der Waals surface area contributed by atoms with Crippen molar-refractivity contribution in [2.75, 3.05) is 5.73 Å². The van der Waals surface area contributed by atoms with Gasteiger partial charge in [-0.2, -0.15) is 0 Å². The fourth-order valence-corrected chi connectivity index (χ4v) is 1.63. The van der Waals surface area contributed by atoms with Gasteiger partial charge in [0.05, 0.1) is 0 Å². The number of carbonyl (C=O) groups is 1. The van der Waals surface area contributed by atoms with Crippen molar-refractivity contribution in [3.8, 4) is 0 Å². The van der Waals surface area contributed by atoms with Crippen LogP contribution < -0.4 is 11.1 Å². The third-order valence-electron chi connectivity index (χ3n) is 2.79. The number of amides is 1. The first-order chi connectivity index (χ1) is 7.09. The molecule has 5 nitrogen and oxygen atoms in total. The highest BCUT2D eigenvalue weighted by Crippen LogP contribution is 2.30. The molecule has 1 fully saturated rings. The van der Waals surface area contributed by atoms with E-state index in [4.69, 9.17) is 5.73 Å². The Kier molecular flexibility index (Phi) is 2.30. The van der Waals surface area contributed by atoms with Crippen molar-refractivity contribution in [3.05, 3.63) is 17.8 Å². The molecule has 0 aliphatic heterocycles. The summed E-state index contributed by atoms with van der Waals surface area (Å²) in [6.07, 6.45) is 3.23. The molecule has 0 atom stereocenters. The molecule has 0 unspecified atom stereocenters. The van der Waals surface area contributed by atoms with Gasteiger partial charge in [0.1, 0.15) is 5.82 Å². The van der Waals surface area contributed by atoms with Crippen LogP contribution in [0.2, 0.25) is 0 Å². The highest BCUT2D eigenvalue weighted by molar-refractivity contribution is 5.92. The molecule has 80 valence electrons. The van der Waals surface area contributed by atoms with Gasteiger partial charge in [-0.3, -0.25) is 4.79 Å². The maximum atomic E-state index is 11.7. The molecule has 15 heavy (non-hydrogen) atoms. The molecule has 1 aromatic heterocycles. The first-order valence-corrected chi connectivity index (χ1v) is 5.01. The predicted octanol–water partition coefficient (Wildman–Crippen LogP) is 0.731. The van der Waals surface area contributed by atoms with Crippen LogP contribution in [0.3, 0.4) is 0 Å². The summed E-state index contributed by atoms with van der Waals surface area (Å²) in [5.74, 6) is 0.145. The molecule has 1 saturated carbocycles. The predicted molar refractivity (Wildman–Crippen MR) is 56.2 cm³/mol. The summed E-state index contributed by atoms with van der Waals surface area (Å²) in [7, 11) is 0. The third-order valence-corrected chi connectivity index (χ3v) is 2.79. The first kappa shape index (κ1) is 9.89. The molecule has 0 aromatic carbocycles. The monoisotopic (exact) mass is 206 g/mol. The van der Waals surface area contributed by atoms with E-state index < -0.39 is 0 Å². The number of hydrogen-bond acceptors (Lipinski definition) is 4. The standard InChI is InChI=1S/C10H14N4O/c1-10(5-2-6-10)12-9(15)7-3-4-8(11)14-13-7/h3-4H,2,5-6H2,1H3,(H2,11,14)(H,12,15). The van der Waals surface area contributed by atoms with Crippen LogP contribution in [0.4, 0.5) is 5.82 Å². The summed E-state index contributed by atoms with van der Waals surface area (Å²) >= 11 is 0. The molecule has 0 radical (unpaired) electrons. The van der Waals surface area contributed by atoms with Gasteiger partial charge in [0.2, 0.25) is 0 Å². The minimum atomic E-state index is -0.176. The largest absolute Gasteiger partial charge is 0.382 e. The second kappa shape index (κ2) is 3.49. The zero-order chi connectivity index (χ0) is 10.9. The number of hydrogen-bond donors (Lipinski definition) is 2. The molecule has 0 bridgehead atoms. The third kappa shape index (κ3) is 2.06. The molecule has 0 saturated heterocycles. The van der Waals surface area contributed by atoms with Gasteiger partial charge in [-0.05, 0) is 38.3 Å². The minimum Gasteiger partial charge on any atom is -0.382 e. The van der Waals surface area contributed by atoms with E-state index in [2.05, 4.69) is 15.5 Å². The molecule has 1 amide bonds. The summed E-state index contributed by atoms with van der Waals surface area (Å²) in [5.41, 5.74) is 5.65. The number of aromatic nitrogens is 2. The number of carbonyl (C=O) groups excluding carboxylic acids is 1. The van der Waals surface area contributed by atoms with E-state index in [0.717, 1.165) is 12.8 Å². The normalized spacial score (nSPS) is 17.9. The van der Waals surface area contributed by atoms with E-state index in [1.54, 1.807) is 12.1 Å². The molecule has 5 heteroatoms. The highest BCUT2D eigenvalue weighted by atomic mass is 16.2. The van der Waals surface area contributed by atoms with E-state index in [1.807, 2.05) is 6.92 Å². The summed E-state index contributed by atoms with van der Waals surface area (Å²) < 4.78 is 0. The molecular formula is C10H14N4O. The maximum absolute atomic E-state index is 11.7. The average Bonchev–Trinajstić information content (AvgIpc) is 2.16. The summed E-state index contributed by atoms with van der Waals surface area (Å²) in [5, 5.41) is 10.3. The smallest absolute Gasteiger partial charge is 0.272 e. The topological polar surface area (TPSA) is 80.9 Å². The van der Waals surface area contributed by atoms with Crippen LogP contribution in [0.25, 0.3) is 0 Å². The molecule has 1 aliphatic carbocycles. The van der Waals surface area contributed by atoms with Crippen LogP contribution in [-0.4, -0.2) is 21.6 Å². The van der Waals surface area contributed by atoms with Gasteiger partial charge < -0.3 is 11.1 Å². The number of rotatable bonds is 2. The first-order valence-electron chi connectivity index (χ1n) is 5.01. The highest BCUT2D eigenvalue weighted by Gasteiger charge is 2.33. The van der Waals surface area contributed by atoms with Crippen molar-refractivity contribution in [1.82, 2.24) is 15.5 Å². The Labute approximate surface area is 88.1 Å². The fraction of sp³-hybridized carbons (Fsp3) is 0.500. The molecule has 3 N–H and O–H groups in total. The zero-order valence-electron chi connectivity index (χ0n) is 8.66. The van der Waals surface area contributed by atoms with Crippen LogP contribution in [0, 0.1) is 0 Å². The van der Waals surface area contributed by atoms with E-state index in [-0.39, 0.29) is 11.4 Å². The molecule has 1 aliphatic rings. The Balaban J connectivity index is 2.04. The Morgan fingerprint density at radius 3 is 2.67 bits per heavy atom. The lowest BCUT2D eigenvalue weighted by molar-refractivity contribution is 0.0844. The van der Waals surface area contributed by atoms with Crippen molar-refractivity contribution in [3.63, 3.8) is 0 Å². The van der Waals surface area contributed by atoms with Crippen LogP contribution in [0.5, 0.6) is 0 Å². The Bertz CT molecular complexity index is 370. The minimum absolute atomic E-state index is 0.0554. The second-order valence-corrected chi connectivity index (χ2v) is 4.21. The SMILES string of the molecule is CC1(NC(=O)c2ccc(N)nn2)CCC1. The van der Waals surface area contributed by atoms with Gasteiger partial charge in [0.15, 0.2) is 5.69 Å². The van der Waals surface area contributed by atoms with Gasteiger partial charge in [-0.25, -0.2) is 0 Å². The Morgan fingerprint density at radius 2 is 2.20 bits per heavy atom. The van der Waals surface area contributed by atoms with Gasteiger partial charge in [-0.15, -0.1) is 10.2 Å². The zero-order valence-corrected chi connectivity index (χ0v) is 8.66. The van der Waals surface area contributed by atoms with Gasteiger partial charge >= 0.3 is 0 Å². The fourth-order valence-electron chi connectivity index (χ4n) is 1.63. The van der Waals surface area contributed by atoms with Crippen LogP contribution >= 0.6 is 0 Å². The number of nitrogen functional groups attached to an aromatic ring is 1. The van der Waals surface area contributed by atoms with E-state index >= 15 is 0 Å². The number of anilines is 1. The van der Waals surface area contributed by atoms with Gasteiger partial charge in [0, 0.05) is 5.54 Å². The molecule has 0 spiro atoms. The van der Waals surface area contributed by atoms with Crippen molar-refractivity contribution in [1.29, 1.82) is 0 Å². The van der Waals surface area contributed by atoms with Crippen LogP contribution in [-0.2, 0) is 0 Å². The van der Waals surface area contributed by atoms with Crippen molar-refractivity contribution >= 4 is 11.7 Å². The lowest BCUT2D eigenvalue weighted by atomic mass is 9.78. The van der Waals surface area contributed by atoms with E-state index in [9.17, 15) is 4.79 Å². The maximum Gasteiger partial charge on any atom is 0.272 e. The van der Waals surface area contributed by atoms with Crippen molar-refractivity contribution in [2.45, 2.75) is 31.7 Å². The molecule has 1 aromatic rings. The number of nitrogens with two attached hydrogens (primary N) is 1. The molecule has 2 rings (SSSR count). The van der Waals surface area contributed by atoms with Gasteiger partial charge in [-0.1, -0.05) is 0 Å². The quantitative estimate of drug-likeness (QED) is 0.747. The lowest BCUT2D eigenvalue weighted by Crippen LogP contribution is -2.51. The molecule has 1 heterocycles. The summed E-state index contributed by atoms with van der Waals surface area (Å²) in [4.78, 5) is 11.7. The summed E-state index contributed by atoms with van der Waals surface area (Å²) in [6, 6.07) is 3.16. The molecular weight excluding hydrogens is 192 g/mol. The Morgan fingerprint density at radius 1 is 1.47 bits per heavy atom. The number of nitrogens with one attached hydrogen (secondary N) is 1. The van der Waals surface area contributed by atoms with Crippen LogP contribution in [0.1, 0.15) is 36.7 Å². The Hall–Kier alpha value is -1.65. The van der Waals surface area contributed by atoms with Crippen molar-refractivity contribution < 1.29 is 4.79 Å². The van der Waals surface area contributed by atoms with Gasteiger partial charge in [0.25, 0.3) is 5.91 Å². The lowest BCUT2D eigenvalue weighted by Gasteiger charge is -2.38. The van der Waals surface area contributed by atoms with Crippen molar-refractivity contribution in [2.24, 2.45) is 0 Å². The second-order valence-electron chi connectivity index (χ2n) is 4.21. The van der Waals surface area contributed by atoms with Crippen LogP contribution in [0.15, 0.2) is 12.1 Å². The van der Waals surface area contributed by atoms with E-state index in [0.29, 0.717) is 11.5 Å². The summed E-state index contributed by atoms with van der Waals surface area (Å²) in [6.45, 7) is 2.04. The number of nitrogens with zero attached hydrogens (tertiary/aromatic N) is 2. The average molecular weight is 206 g/mol. The van der Waals surface area contributed by atoms with E-state index in [1.165, 1.54) is 6.42 Å².